The Morgan fingerprint density at radius 1 is 1.38 bits per heavy atom. The minimum Gasteiger partial charge on any atom is -0.497 e. The SMILES string of the molecule is COc1ccc(C(CNC(=O)C(F)(F)C2(O)CCC2)N(C)C)cc1. The summed E-state index contributed by atoms with van der Waals surface area (Å²) in [5.74, 6) is -4.51. The molecule has 0 aliphatic heterocycles. The second kappa shape index (κ2) is 7.03. The third-order valence-electron chi connectivity index (χ3n) is 4.63. The van der Waals surface area contributed by atoms with Crippen molar-refractivity contribution < 1.29 is 23.4 Å². The number of methoxy groups -OCH3 is 1. The molecule has 24 heavy (non-hydrogen) atoms. The fourth-order valence-corrected chi connectivity index (χ4v) is 2.76. The molecule has 1 fully saturated rings. The molecule has 1 saturated carbocycles. The molecule has 0 heterocycles. The summed E-state index contributed by atoms with van der Waals surface area (Å²) < 4.78 is 33.3. The topological polar surface area (TPSA) is 61.8 Å². The van der Waals surface area contributed by atoms with Crippen LogP contribution in [0.2, 0.25) is 0 Å². The molecule has 7 heteroatoms. The zero-order chi connectivity index (χ0) is 18.0. The van der Waals surface area contributed by atoms with Gasteiger partial charge in [-0.3, -0.25) is 4.79 Å². The number of alkyl halides is 2. The number of ether oxygens (including phenoxy) is 1. The molecule has 1 aromatic carbocycles. The quantitative estimate of drug-likeness (QED) is 0.795. The van der Waals surface area contributed by atoms with Gasteiger partial charge in [-0.05, 0) is 51.1 Å². The Bertz CT molecular complexity index is 572. The smallest absolute Gasteiger partial charge is 0.352 e. The average Bonchev–Trinajstić information content (AvgIpc) is 2.52. The van der Waals surface area contributed by atoms with Crippen molar-refractivity contribution in [1.29, 1.82) is 0 Å². The first-order valence-corrected chi connectivity index (χ1v) is 7.90. The van der Waals surface area contributed by atoms with Crippen LogP contribution in [0.1, 0.15) is 30.9 Å². The van der Waals surface area contributed by atoms with Crippen LogP contribution >= 0.6 is 0 Å². The molecule has 5 nitrogen and oxygen atoms in total. The number of aliphatic hydroxyl groups is 1. The van der Waals surface area contributed by atoms with E-state index >= 15 is 0 Å². The zero-order valence-corrected chi connectivity index (χ0v) is 14.2. The number of amides is 1. The summed E-state index contributed by atoms with van der Waals surface area (Å²) in [6.45, 7) is 0.0177. The Hall–Kier alpha value is -1.73. The molecule has 0 radical (unpaired) electrons. The van der Waals surface area contributed by atoms with E-state index in [2.05, 4.69) is 5.32 Å². The Morgan fingerprint density at radius 3 is 2.38 bits per heavy atom. The van der Waals surface area contributed by atoms with E-state index in [1.807, 2.05) is 17.0 Å². The molecule has 0 saturated heterocycles. The van der Waals surface area contributed by atoms with Crippen LogP contribution in [-0.2, 0) is 4.79 Å². The lowest BCUT2D eigenvalue weighted by Crippen LogP contribution is -2.61. The summed E-state index contributed by atoms with van der Waals surface area (Å²) in [6.07, 6.45) is 0.400. The van der Waals surface area contributed by atoms with E-state index in [1.54, 1.807) is 33.3 Å². The Kier molecular flexibility index (Phi) is 5.45. The van der Waals surface area contributed by atoms with Gasteiger partial charge in [0.15, 0.2) is 0 Å². The van der Waals surface area contributed by atoms with Crippen LogP contribution < -0.4 is 10.1 Å². The summed E-state index contributed by atoms with van der Waals surface area (Å²) in [5.41, 5.74) is -1.34. The van der Waals surface area contributed by atoms with Crippen molar-refractivity contribution in [3.05, 3.63) is 29.8 Å². The number of halogens is 2. The molecule has 134 valence electrons. The number of rotatable bonds is 7. The number of nitrogens with zero attached hydrogens (tertiary/aromatic N) is 1. The maximum Gasteiger partial charge on any atom is 0.352 e. The van der Waals surface area contributed by atoms with Crippen molar-refractivity contribution in [1.82, 2.24) is 10.2 Å². The van der Waals surface area contributed by atoms with Crippen LogP contribution in [0.15, 0.2) is 24.3 Å². The molecule has 2 rings (SSSR count). The molecular weight excluding hydrogens is 318 g/mol. The molecule has 1 aliphatic carbocycles. The largest absolute Gasteiger partial charge is 0.497 e. The van der Waals surface area contributed by atoms with Gasteiger partial charge in [-0.2, -0.15) is 8.78 Å². The van der Waals surface area contributed by atoms with Gasteiger partial charge in [0.1, 0.15) is 11.4 Å². The van der Waals surface area contributed by atoms with Crippen molar-refractivity contribution >= 4 is 5.91 Å². The van der Waals surface area contributed by atoms with Crippen LogP contribution in [0.25, 0.3) is 0 Å². The fourth-order valence-electron chi connectivity index (χ4n) is 2.76. The number of hydrogen-bond donors (Lipinski definition) is 2. The van der Waals surface area contributed by atoms with Crippen LogP contribution in [0.5, 0.6) is 5.75 Å². The van der Waals surface area contributed by atoms with Gasteiger partial charge in [0.05, 0.1) is 13.2 Å². The van der Waals surface area contributed by atoms with Crippen LogP contribution in [0.3, 0.4) is 0 Å². The lowest BCUT2D eigenvalue weighted by molar-refractivity contribution is -0.216. The van der Waals surface area contributed by atoms with E-state index in [0.717, 1.165) is 5.56 Å². The van der Waals surface area contributed by atoms with Gasteiger partial charge < -0.3 is 20.1 Å². The van der Waals surface area contributed by atoms with Gasteiger partial charge in [0.2, 0.25) is 0 Å². The third kappa shape index (κ3) is 3.52. The van der Waals surface area contributed by atoms with Crippen molar-refractivity contribution in [2.24, 2.45) is 0 Å². The van der Waals surface area contributed by atoms with Gasteiger partial charge >= 0.3 is 5.92 Å². The molecule has 0 bridgehead atoms. The molecule has 1 unspecified atom stereocenters. The summed E-state index contributed by atoms with van der Waals surface area (Å²) in [6, 6.07) is 6.94. The van der Waals surface area contributed by atoms with Gasteiger partial charge in [-0.25, -0.2) is 0 Å². The average molecular weight is 342 g/mol. The van der Waals surface area contributed by atoms with Gasteiger partial charge in [0, 0.05) is 6.54 Å². The number of likely N-dealkylation sites (N-methyl/N-ethyl adjacent to an activating group) is 1. The minimum atomic E-state index is -3.78. The highest BCUT2D eigenvalue weighted by Crippen LogP contribution is 2.44. The van der Waals surface area contributed by atoms with Crippen molar-refractivity contribution in [2.75, 3.05) is 27.7 Å². The zero-order valence-electron chi connectivity index (χ0n) is 14.2. The number of nitrogens with one attached hydrogen (secondary N) is 1. The number of carbonyl (C=O) groups excluding carboxylic acids is 1. The van der Waals surface area contributed by atoms with E-state index in [9.17, 15) is 18.7 Å². The number of benzene rings is 1. The standard InChI is InChI=1S/C17H24F2N2O3/c1-21(2)14(12-5-7-13(24-3)8-6-12)11-20-15(22)17(18,19)16(23)9-4-10-16/h5-8,14,23H,4,9-11H2,1-3H3,(H,20,22). The second-order valence-corrected chi connectivity index (χ2v) is 6.42. The number of carbonyl (C=O) groups is 1. The fraction of sp³-hybridized carbons (Fsp3) is 0.588. The first-order valence-electron chi connectivity index (χ1n) is 7.90. The maximum absolute atomic E-state index is 14.1. The number of hydrogen-bond acceptors (Lipinski definition) is 4. The van der Waals surface area contributed by atoms with Crippen molar-refractivity contribution in [3.63, 3.8) is 0 Å². The van der Waals surface area contributed by atoms with Crippen LogP contribution in [0, 0.1) is 0 Å². The molecular formula is C17H24F2N2O3. The molecule has 1 amide bonds. The predicted molar refractivity (Wildman–Crippen MR) is 86.2 cm³/mol. The first kappa shape index (κ1) is 18.6. The van der Waals surface area contributed by atoms with Crippen LogP contribution in [0.4, 0.5) is 8.78 Å². The Balaban J connectivity index is 2.04. The third-order valence-corrected chi connectivity index (χ3v) is 4.63. The Morgan fingerprint density at radius 2 is 1.96 bits per heavy atom. The molecule has 1 aromatic rings. The molecule has 2 N–H and O–H groups in total. The van der Waals surface area contributed by atoms with E-state index in [4.69, 9.17) is 4.74 Å². The Labute approximate surface area is 140 Å². The lowest BCUT2D eigenvalue weighted by atomic mass is 9.75. The monoisotopic (exact) mass is 342 g/mol. The highest BCUT2D eigenvalue weighted by atomic mass is 19.3. The predicted octanol–water partition coefficient (Wildman–Crippen LogP) is 1.96. The summed E-state index contributed by atoms with van der Waals surface area (Å²) in [4.78, 5) is 13.7. The lowest BCUT2D eigenvalue weighted by Gasteiger charge is -2.41. The van der Waals surface area contributed by atoms with E-state index in [0.29, 0.717) is 12.2 Å². The van der Waals surface area contributed by atoms with Crippen molar-refractivity contribution in [2.45, 2.75) is 36.8 Å². The van der Waals surface area contributed by atoms with E-state index < -0.39 is 17.4 Å². The summed E-state index contributed by atoms with van der Waals surface area (Å²) >= 11 is 0. The highest BCUT2D eigenvalue weighted by Gasteiger charge is 2.61. The minimum absolute atomic E-state index is 0.0177. The highest BCUT2D eigenvalue weighted by molar-refractivity contribution is 5.85. The normalized spacial score (nSPS) is 18.0. The first-order chi connectivity index (χ1) is 11.2. The molecule has 0 spiro atoms. The van der Waals surface area contributed by atoms with Crippen molar-refractivity contribution in [3.8, 4) is 5.75 Å². The van der Waals surface area contributed by atoms with Crippen LogP contribution in [-0.4, -0.2) is 55.2 Å². The van der Waals surface area contributed by atoms with Gasteiger partial charge in [-0.15, -0.1) is 0 Å². The van der Waals surface area contributed by atoms with Gasteiger partial charge in [0.25, 0.3) is 5.91 Å². The second-order valence-electron chi connectivity index (χ2n) is 6.42. The molecule has 1 aliphatic rings. The summed E-state index contributed by atoms with van der Waals surface area (Å²) in [5, 5.41) is 12.1. The molecule has 1 atom stereocenters. The van der Waals surface area contributed by atoms with Gasteiger partial charge in [-0.1, -0.05) is 12.1 Å². The molecule has 0 aromatic heterocycles. The van der Waals surface area contributed by atoms with E-state index in [-0.39, 0.29) is 25.4 Å². The summed E-state index contributed by atoms with van der Waals surface area (Å²) in [7, 11) is 5.17. The maximum atomic E-state index is 14.1. The van der Waals surface area contributed by atoms with E-state index in [1.165, 1.54) is 0 Å².